The van der Waals surface area contributed by atoms with Gasteiger partial charge in [0.25, 0.3) is 0 Å². The third-order valence-electron chi connectivity index (χ3n) is 6.96. The van der Waals surface area contributed by atoms with Crippen molar-refractivity contribution in [1.29, 1.82) is 0 Å². The van der Waals surface area contributed by atoms with Crippen LogP contribution in [0.25, 0.3) is 0 Å². The second kappa shape index (κ2) is 4.19. The molecule has 118 valence electrons. The number of carbonyl (C=O) groups is 1. The van der Waals surface area contributed by atoms with Crippen molar-refractivity contribution >= 4 is 5.78 Å². The number of fused-ring (bicyclic) bond motifs is 5. The summed E-state index contributed by atoms with van der Waals surface area (Å²) in [6.07, 6.45) is 10.9. The SMILES string of the molecule is C[C@@]12C=CC[C@H]1[C@@H]1CCC3=CC(=O)C=C[C@]3(C)[C@@]1(F)C(O)C2. The number of aliphatic hydroxyl groups is 1. The number of alkyl halides is 1. The van der Waals surface area contributed by atoms with Crippen LogP contribution in [0.4, 0.5) is 4.39 Å². The molecule has 4 aliphatic carbocycles. The zero-order chi connectivity index (χ0) is 15.8. The highest BCUT2D eigenvalue weighted by molar-refractivity contribution is 6.01. The van der Waals surface area contributed by atoms with Crippen molar-refractivity contribution in [3.05, 3.63) is 36.0 Å². The van der Waals surface area contributed by atoms with Crippen molar-refractivity contribution in [2.45, 2.75) is 51.3 Å². The second-order valence-corrected chi connectivity index (χ2v) is 7.99. The molecular weight excluding hydrogens is 279 g/mol. The lowest BCUT2D eigenvalue weighted by atomic mass is 9.46. The number of hydrogen-bond acceptors (Lipinski definition) is 2. The minimum Gasteiger partial charge on any atom is -0.390 e. The Bertz CT molecular complexity index is 633. The fourth-order valence-corrected chi connectivity index (χ4v) is 5.71. The molecule has 1 unspecified atom stereocenters. The average Bonchev–Trinajstić information content (AvgIpc) is 2.83. The van der Waals surface area contributed by atoms with Crippen LogP contribution >= 0.6 is 0 Å². The zero-order valence-corrected chi connectivity index (χ0v) is 13.2. The Morgan fingerprint density at radius 2 is 2.05 bits per heavy atom. The van der Waals surface area contributed by atoms with Crippen molar-refractivity contribution in [1.82, 2.24) is 0 Å². The molecule has 0 aromatic rings. The molecule has 0 radical (unpaired) electrons. The highest BCUT2D eigenvalue weighted by Gasteiger charge is 2.68. The number of halogens is 1. The van der Waals surface area contributed by atoms with Crippen molar-refractivity contribution in [3.63, 3.8) is 0 Å². The van der Waals surface area contributed by atoms with Gasteiger partial charge in [0, 0.05) is 11.3 Å². The predicted molar refractivity (Wildman–Crippen MR) is 82.9 cm³/mol. The molecule has 1 N–H and O–H groups in total. The van der Waals surface area contributed by atoms with Crippen LogP contribution in [0.1, 0.15) is 39.5 Å². The molecule has 0 aromatic carbocycles. The van der Waals surface area contributed by atoms with Gasteiger partial charge in [-0.3, -0.25) is 4.79 Å². The van der Waals surface area contributed by atoms with Crippen molar-refractivity contribution in [2.24, 2.45) is 22.7 Å². The summed E-state index contributed by atoms with van der Waals surface area (Å²) in [6, 6.07) is 0. The van der Waals surface area contributed by atoms with Crippen LogP contribution in [0.15, 0.2) is 36.0 Å². The van der Waals surface area contributed by atoms with E-state index >= 15 is 4.39 Å². The molecule has 0 spiro atoms. The average molecular weight is 302 g/mol. The molecule has 0 saturated heterocycles. The van der Waals surface area contributed by atoms with E-state index in [9.17, 15) is 9.90 Å². The van der Waals surface area contributed by atoms with Crippen LogP contribution in [-0.2, 0) is 4.79 Å². The van der Waals surface area contributed by atoms with E-state index in [1.165, 1.54) is 6.08 Å². The standard InChI is InChI=1S/C19H23FO2/c1-17-8-3-4-14(17)15-6-5-12-10-13(21)7-9-18(12,2)19(15,20)16(22)11-17/h3,7-10,14-16,22H,4-6,11H2,1-2H3/t14-,15-,16?,17-,18-,19-/m0/s1. The maximum atomic E-state index is 16.4. The van der Waals surface area contributed by atoms with Gasteiger partial charge in [0.1, 0.15) is 0 Å². The van der Waals surface area contributed by atoms with E-state index in [4.69, 9.17) is 0 Å². The number of hydrogen-bond donors (Lipinski definition) is 1. The summed E-state index contributed by atoms with van der Waals surface area (Å²) >= 11 is 0. The molecule has 2 saturated carbocycles. The first-order chi connectivity index (χ1) is 10.3. The van der Waals surface area contributed by atoms with Crippen molar-refractivity contribution in [3.8, 4) is 0 Å². The molecular formula is C19H23FO2. The number of ketones is 1. The summed E-state index contributed by atoms with van der Waals surface area (Å²) < 4.78 is 16.4. The van der Waals surface area contributed by atoms with Crippen LogP contribution in [0.2, 0.25) is 0 Å². The van der Waals surface area contributed by atoms with E-state index in [1.807, 2.05) is 6.92 Å². The third kappa shape index (κ3) is 1.51. The molecule has 6 atom stereocenters. The molecule has 22 heavy (non-hydrogen) atoms. The molecule has 3 heteroatoms. The summed E-state index contributed by atoms with van der Waals surface area (Å²) in [5, 5.41) is 10.8. The van der Waals surface area contributed by atoms with Gasteiger partial charge in [0.2, 0.25) is 0 Å². The summed E-state index contributed by atoms with van der Waals surface area (Å²) in [7, 11) is 0. The number of rotatable bonds is 0. The van der Waals surface area contributed by atoms with Gasteiger partial charge in [-0.2, -0.15) is 0 Å². The third-order valence-corrected chi connectivity index (χ3v) is 6.96. The van der Waals surface area contributed by atoms with Gasteiger partial charge in [-0.05, 0) is 56.1 Å². The Balaban J connectivity index is 1.84. The largest absolute Gasteiger partial charge is 0.390 e. The van der Waals surface area contributed by atoms with E-state index < -0.39 is 17.2 Å². The maximum Gasteiger partial charge on any atom is 0.178 e. The summed E-state index contributed by atoms with van der Waals surface area (Å²) in [5.74, 6) is 0.0359. The topological polar surface area (TPSA) is 37.3 Å². The minimum atomic E-state index is -1.68. The van der Waals surface area contributed by atoms with Crippen LogP contribution in [0.3, 0.4) is 0 Å². The summed E-state index contributed by atoms with van der Waals surface area (Å²) in [5.41, 5.74) is -1.77. The molecule has 0 heterocycles. The lowest BCUT2D eigenvalue weighted by Crippen LogP contribution is -2.66. The first-order valence-corrected chi connectivity index (χ1v) is 8.30. The van der Waals surface area contributed by atoms with Crippen LogP contribution < -0.4 is 0 Å². The van der Waals surface area contributed by atoms with E-state index in [0.29, 0.717) is 6.42 Å². The quantitative estimate of drug-likeness (QED) is 0.695. The van der Waals surface area contributed by atoms with Gasteiger partial charge in [0.05, 0.1) is 6.10 Å². The molecule has 0 amide bonds. The number of aliphatic hydroxyl groups excluding tert-OH is 1. The lowest BCUT2D eigenvalue weighted by Gasteiger charge is -2.61. The second-order valence-electron chi connectivity index (χ2n) is 7.99. The van der Waals surface area contributed by atoms with Gasteiger partial charge in [-0.15, -0.1) is 0 Å². The molecule has 0 bridgehead atoms. The fraction of sp³-hybridized carbons (Fsp3) is 0.632. The highest BCUT2D eigenvalue weighted by atomic mass is 19.1. The summed E-state index contributed by atoms with van der Waals surface area (Å²) in [4.78, 5) is 11.7. The van der Waals surface area contributed by atoms with Gasteiger partial charge in [-0.1, -0.05) is 30.7 Å². The van der Waals surface area contributed by atoms with E-state index in [-0.39, 0.29) is 23.0 Å². The van der Waals surface area contributed by atoms with Crippen molar-refractivity contribution in [2.75, 3.05) is 0 Å². The van der Waals surface area contributed by atoms with Gasteiger partial charge in [-0.25, -0.2) is 4.39 Å². The minimum absolute atomic E-state index is 0.0628. The van der Waals surface area contributed by atoms with Crippen LogP contribution in [0, 0.1) is 22.7 Å². The first kappa shape index (κ1) is 14.4. The Kier molecular flexibility index (Phi) is 2.74. The molecule has 2 fully saturated rings. The van der Waals surface area contributed by atoms with E-state index in [0.717, 1.165) is 24.8 Å². The highest BCUT2D eigenvalue weighted by Crippen LogP contribution is 2.66. The summed E-state index contributed by atoms with van der Waals surface area (Å²) in [6.45, 7) is 4.01. The molecule has 0 aromatic heterocycles. The zero-order valence-electron chi connectivity index (χ0n) is 13.2. The van der Waals surface area contributed by atoms with Crippen molar-refractivity contribution < 1.29 is 14.3 Å². The molecule has 4 rings (SSSR count). The van der Waals surface area contributed by atoms with Crippen LogP contribution in [-0.4, -0.2) is 22.7 Å². The Morgan fingerprint density at radius 3 is 2.82 bits per heavy atom. The number of carbonyl (C=O) groups excluding carboxylic acids is 1. The Hall–Kier alpha value is -1.22. The Labute approximate surface area is 130 Å². The van der Waals surface area contributed by atoms with Gasteiger partial charge >= 0.3 is 0 Å². The van der Waals surface area contributed by atoms with E-state index in [1.54, 1.807) is 12.2 Å². The predicted octanol–water partition coefficient (Wildman–Crippen LogP) is 3.52. The molecule has 0 aliphatic heterocycles. The van der Waals surface area contributed by atoms with Crippen LogP contribution in [0.5, 0.6) is 0 Å². The molecule has 4 aliphatic rings. The monoisotopic (exact) mass is 302 g/mol. The van der Waals surface area contributed by atoms with Gasteiger partial charge < -0.3 is 5.11 Å². The first-order valence-electron chi connectivity index (χ1n) is 8.30. The fourth-order valence-electron chi connectivity index (χ4n) is 5.71. The lowest BCUT2D eigenvalue weighted by molar-refractivity contribution is -0.183. The smallest absolute Gasteiger partial charge is 0.178 e. The van der Waals surface area contributed by atoms with E-state index in [2.05, 4.69) is 19.1 Å². The maximum absolute atomic E-state index is 16.4. The normalized spacial score (nSPS) is 52.8. The molecule has 2 nitrogen and oxygen atoms in total. The Morgan fingerprint density at radius 1 is 1.27 bits per heavy atom. The van der Waals surface area contributed by atoms with Gasteiger partial charge in [0.15, 0.2) is 11.5 Å². The number of allylic oxidation sites excluding steroid dienone is 6.